The Morgan fingerprint density at radius 2 is 2.22 bits per heavy atom. The van der Waals surface area contributed by atoms with Gasteiger partial charge in [-0.25, -0.2) is 0 Å². The van der Waals surface area contributed by atoms with E-state index in [-0.39, 0.29) is 5.91 Å². The van der Waals surface area contributed by atoms with Crippen molar-refractivity contribution >= 4 is 22.5 Å². The summed E-state index contributed by atoms with van der Waals surface area (Å²) < 4.78 is 1.67. The van der Waals surface area contributed by atoms with Crippen LogP contribution in [0.15, 0.2) is 29.6 Å². The highest BCUT2D eigenvalue weighted by molar-refractivity contribution is 6.11. The number of aromatic nitrogens is 1. The summed E-state index contributed by atoms with van der Waals surface area (Å²) in [5, 5.41) is 16.2. The zero-order valence-electron chi connectivity index (χ0n) is 9.97. The van der Waals surface area contributed by atoms with Crippen LogP contribution in [0.2, 0.25) is 0 Å². The summed E-state index contributed by atoms with van der Waals surface area (Å²) in [5.41, 5.74) is 3.38. The van der Waals surface area contributed by atoms with Gasteiger partial charge in [0.1, 0.15) is 0 Å². The highest BCUT2D eigenvalue weighted by atomic mass is 16.4. The predicted molar refractivity (Wildman–Crippen MR) is 68.3 cm³/mol. The fraction of sp³-hybridized carbons (Fsp3) is 0.231. The highest BCUT2D eigenvalue weighted by Gasteiger charge is 2.18. The number of carbonyl (C=O) groups is 1. The molecular weight excluding hydrogens is 230 g/mol. The lowest BCUT2D eigenvalue weighted by Crippen LogP contribution is -2.23. The van der Waals surface area contributed by atoms with Crippen molar-refractivity contribution in [3.8, 4) is 0 Å². The van der Waals surface area contributed by atoms with E-state index in [2.05, 4.69) is 10.5 Å². The van der Waals surface area contributed by atoms with E-state index in [0.717, 1.165) is 22.0 Å². The first-order valence-electron chi connectivity index (χ1n) is 5.78. The minimum atomic E-state index is 0.0273. The number of oxime groups is 1. The topological polar surface area (TPSA) is 66.6 Å². The maximum absolute atomic E-state index is 11.9. The summed E-state index contributed by atoms with van der Waals surface area (Å²) in [7, 11) is 0. The fourth-order valence-corrected chi connectivity index (χ4v) is 2.44. The first-order chi connectivity index (χ1) is 8.72. The second-order valence-corrected chi connectivity index (χ2v) is 4.40. The summed E-state index contributed by atoms with van der Waals surface area (Å²) in [6.07, 6.45) is 1.78. The third-order valence-corrected chi connectivity index (χ3v) is 3.33. The molecule has 1 aromatic heterocycles. The molecule has 0 atom stereocenters. The van der Waals surface area contributed by atoms with Gasteiger partial charge in [0.05, 0.1) is 17.8 Å². The minimum Gasteiger partial charge on any atom is -0.411 e. The summed E-state index contributed by atoms with van der Waals surface area (Å²) in [6, 6.07) is 5.79. The standard InChI is InChI=1S/C13H13N3O2/c1-8(15-18)10-3-2-9-6-14-7-12(17)16-5-4-11(10)13(9)16/h2-5,14,18H,6-7H2,1H3. The molecule has 0 radical (unpaired) electrons. The Labute approximate surface area is 104 Å². The van der Waals surface area contributed by atoms with Crippen LogP contribution in [-0.4, -0.2) is 27.9 Å². The van der Waals surface area contributed by atoms with Crippen LogP contribution in [0.1, 0.15) is 22.8 Å². The zero-order chi connectivity index (χ0) is 12.7. The molecule has 0 saturated carbocycles. The van der Waals surface area contributed by atoms with E-state index >= 15 is 0 Å². The number of nitrogens with one attached hydrogen (secondary N) is 1. The molecule has 0 aliphatic carbocycles. The lowest BCUT2D eigenvalue weighted by molar-refractivity contribution is 0.0920. The molecule has 18 heavy (non-hydrogen) atoms. The van der Waals surface area contributed by atoms with Gasteiger partial charge in [-0.3, -0.25) is 9.36 Å². The number of hydrogen-bond acceptors (Lipinski definition) is 4. The maximum Gasteiger partial charge on any atom is 0.245 e. The second-order valence-electron chi connectivity index (χ2n) is 4.40. The molecule has 0 spiro atoms. The zero-order valence-corrected chi connectivity index (χ0v) is 9.97. The molecular formula is C13H13N3O2. The highest BCUT2D eigenvalue weighted by Crippen LogP contribution is 2.26. The van der Waals surface area contributed by atoms with Gasteiger partial charge in [0.25, 0.3) is 0 Å². The Morgan fingerprint density at radius 1 is 1.39 bits per heavy atom. The van der Waals surface area contributed by atoms with Gasteiger partial charge in [0.15, 0.2) is 0 Å². The van der Waals surface area contributed by atoms with E-state index in [1.54, 1.807) is 17.7 Å². The van der Waals surface area contributed by atoms with Gasteiger partial charge >= 0.3 is 0 Å². The van der Waals surface area contributed by atoms with Gasteiger partial charge in [-0.2, -0.15) is 0 Å². The van der Waals surface area contributed by atoms with Crippen molar-refractivity contribution in [1.29, 1.82) is 0 Å². The number of hydrogen-bond donors (Lipinski definition) is 2. The van der Waals surface area contributed by atoms with E-state index in [0.29, 0.717) is 18.8 Å². The van der Waals surface area contributed by atoms with Crippen molar-refractivity contribution < 1.29 is 10.0 Å². The Hall–Kier alpha value is -2.14. The van der Waals surface area contributed by atoms with Gasteiger partial charge in [-0.15, -0.1) is 0 Å². The molecule has 2 N–H and O–H groups in total. The van der Waals surface area contributed by atoms with Crippen molar-refractivity contribution in [2.45, 2.75) is 13.5 Å². The van der Waals surface area contributed by atoms with Crippen LogP contribution in [0.3, 0.4) is 0 Å². The quantitative estimate of drug-likeness (QED) is 0.454. The van der Waals surface area contributed by atoms with Crippen LogP contribution in [0, 0.1) is 0 Å². The van der Waals surface area contributed by atoms with Crippen LogP contribution in [0.4, 0.5) is 0 Å². The van der Waals surface area contributed by atoms with Crippen LogP contribution >= 0.6 is 0 Å². The van der Waals surface area contributed by atoms with Gasteiger partial charge < -0.3 is 10.5 Å². The average Bonchev–Trinajstić information content (AvgIpc) is 2.75. The number of nitrogens with zero attached hydrogens (tertiary/aromatic N) is 2. The second kappa shape index (κ2) is 3.96. The molecule has 2 heterocycles. The van der Waals surface area contributed by atoms with Crippen molar-refractivity contribution in [3.05, 3.63) is 35.5 Å². The predicted octanol–water partition coefficient (Wildman–Crippen LogP) is 1.58. The van der Waals surface area contributed by atoms with Gasteiger partial charge in [-0.05, 0) is 18.6 Å². The normalized spacial score (nSPS) is 16.1. The van der Waals surface area contributed by atoms with Crippen LogP contribution in [-0.2, 0) is 6.54 Å². The lowest BCUT2D eigenvalue weighted by Gasteiger charge is -2.06. The SMILES string of the molecule is CC(=NO)c1ccc2c3c1ccn3C(=O)CNC2. The largest absolute Gasteiger partial charge is 0.411 e. The van der Waals surface area contributed by atoms with Crippen LogP contribution in [0.25, 0.3) is 10.9 Å². The summed E-state index contributed by atoms with van der Waals surface area (Å²) >= 11 is 0. The Kier molecular flexibility index (Phi) is 2.41. The number of carbonyl (C=O) groups excluding carboxylic acids is 1. The molecule has 0 fully saturated rings. The monoisotopic (exact) mass is 243 g/mol. The van der Waals surface area contributed by atoms with E-state index in [9.17, 15) is 4.79 Å². The molecule has 1 aliphatic heterocycles. The molecule has 0 bridgehead atoms. The van der Waals surface area contributed by atoms with E-state index in [1.807, 2.05) is 18.2 Å². The summed E-state index contributed by atoms with van der Waals surface area (Å²) in [6.45, 7) is 2.74. The lowest BCUT2D eigenvalue weighted by atomic mass is 10.0. The van der Waals surface area contributed by atoms with Gasteiger partial charge in [0.2, 0.25) is 5.91 Å². The molecule has 3 rings (SSSR count). The molecule has 1 aromatic carbocycles. The van der Waals surface area contributed by atoms with Crippen molar-refractivity contribution in [3.63, 3.8) is 0 Å². The first-order valence-corrected chi connectivity index (χ1v) is 5.78. The van der Waals surface area contributed by atoms with Gasteiger partial charge in [0, 0.05) is 23.7 Å². The van der Waals surface area contributed by atoms with Gasteiger partial charge in [-0.1, -0.05) is 17.3 Å². The average molecular weight is 243 g/mol. The number of rotatable bonds is 1. The molecule has 1 aliphatic rings. The third-order valence-electron chi connectivity index (χ3n) is 3.33. The third kappa shape index (κ3) is 1.44. The molecule has 5 nitrogen and oxygen atoms in total. The van der Waals surface area contributed by atoms with Crippen molar-refractivity contribution in [2.75, 3.05) is 6.54 Å². The molecule has 0 amide bonds. The fourth-order valence-electron chi connectivity index (χ4n) is 2.44. The van der Waals surface area contributed by atoms with E-state index in [1.165, 1.54) is 0 Å². The Balaban J connectivity index is 2.37. The number of benzene rings is 1. The van der Waals surface area contributed by atoms with Crippen LogP contribution in [0.5, 0.6) is 0 Å². The molecule has 0 unspecified atom stereocenters. The summed E-state index contributed by atoms with van der Waals surface area (Å²) in [4.78, 5) is 11.9. The molecule has 0 saturated heterocycles. The van der Waals surface area contributed by atoms with Crippen LogP contribution < -0.4 is 5.32 Å². The van der Waals surface area contributed by atoms with Crippen molar-refractivity contribution in [2.24, 2.45) is 5.16 Å². The Morgan fingerprint density at radius 3 is 3.00 bits per heavy atom. The molecule has 92 valence electrons. The first kappa shape index (κ1) is 11.0. The minimum absolute atomic E-state index is 0.0273. The van der Waals surface area contributed by atoms with E-state index < -0.39 is 0 Å². The summed E-state index contributed by atoms with van der Waals surface area (Å²) in [5.74, 6) is 0.0273. The smallest absolute Gasteiger partial charge is 0.245 e. The maximum atomic E-state index is 11.9. The Bertz CT molecular complexity index is 670. The van der Waals surface area contributed by atoms with E-state index in [4.69, 9.17) is 5.21 Å². The molecule has 2 aromatic rings. The molecule has 5 heteroatoms. The van der Waals surface area contributed by atoms with Crippen molar-refractivity contribution in [1.82, 2.24) is 9.88 Å².